The number of nitrogens with one attached hydrogen (secondary N) is 1. The molecule has 0 bridgehead atoms. The second-order valence-corrected chi connectivity index (χ2v) is 4.82. The Morgan fingerprint density at radius 2 is 2.11 bits per heavy atom. The molecule has 1 saturated carbocycles. The topological polar surface area (TPSA) is 46.9 Å². The monoisotopic (exact) mass is 259 g/mol. The first-order chi connectivity index (χ1) is 9.20. The highest BCUT2D eigenvalue weighted by Gasteiger charge is 2.29. The summed E-state index contributed by atoms with van der Waals surface area (Å²) in [6.45, 7) is 0.555. The molecule has 2 aromatic rings. The second kappa shape index (κ2) is 4.84. The van der Waals surface area contributed by atoms with Crippen molar-refractivity contribution in [2.45, 2.75) is 19.4 Å². The standard InChI is InChI=1S/C14H14FN3O/c15-12-5-1-10(2-6-12)8-18-9-13(7-16-18)17-14(19)11-3-4-11/h1-2,5-7,9,11H,3-4,8H2,(H,17,19). The van der Waals surface area contributed by atoms with Crippen molar-refractivity contribution in [2.24, 2.45) is 5.92 Å². The third kappa shape index (κ3) is 2.99. The molecule has 0 saturated heterocycles. The molecule has 4 nitrogen and oxygen atoms in total. The van der Waals surface area contributed by atoms with E-state index in [9.17, 15) is 9.18 Å². The number of carbonyl (C=O) groups excluding carboxylic acids is 1. The van der Waals surface area contributed by atoms with Gasteiger partial charge < -0.3 is 5.32 Å². The predicted octanol–water partition coefficient (Wildman–Crippen LogP) is 2.42. The van der Waals surface area contributed by atoms with Gasteiger partial charge in [-0.1, -0.05) is 12.1 Å². The molecule has 3 rings (SSSR count). The Morgan fingerprint density at radius 3 is 2.79 bits per heavy atom. The Bertz CT molecular complexity index is 587. The summed E-state index contributed by atoms with van der Waals surface area (Å²) in [5.41, 5.74) is 1.67. The average molecular weight is 259 g/mol. The van der Waals surface area contributed by atoms with Gasteiger partial charge in [0.15, 0.2) is 0 Å². The van der Waals surface area contributed by atoms with Gasteiger partial charge in [0.2, 0.25) is 5.91 Å². The van der Waals surface area contributed by atoms with E-state index in [0.717, 1.165) is 18.4 Å². The Balaban J connectivity index is 1.64. The highest BCUT2D eigenvalue weighted by Crippen LogP contribution is 2.30. The molecule has 0 aliphatic heterocycles. The lowest BCUT2D eigenvalue weighted by Gasteiger charge is -2.02. The van der Waals surface area contributed by atoms with Crippen LogP contribution in [0.4, 0.5) is 10.1 Å². The van der Waals surface area contributed by atoms with Crippen LogP contribution < -0.4 is 5.32 Å². The SMILES string of the molecule is O=C(Nc1cnn(Cc2ccc(F)cc2)c1)C1CC1. The van der Waals surface area contributed by atoms with Gasteiger partial charge in [-0.15, -0.1) is 0 Å². The van der Waals surface area contributed by atoms with Gasteiger partial charge in [-0.3, -0.25) is 9.48 Å². The number of halogens is 1. The van der Waals surface area contributed by atoms with Crippen LogP contribution in [0, 0.1) is 11.7 Å². The Kier molecular flexibility index (Phi) is 3.03. The maximum Gasteiger partial charge on any atom is 0.227 e. The lowest BCUT2D eigenvalue weighted by atomic mass is 10.2. The van der Waals surface area contributed by atoms with Crippen molar-refractivity contribution in [1.29, 1.82) is 0 Å². The van der Waals surface area contributed by atoms with E-state index in [0.29, 0.717) is 12.2 Å². The van der Waals surface area contributed by atoms with Crippen molar-refractivity contribution < 1.29 is 9.18 Å². The van der Waals surface area contributed by atoms with E-state index in [1.54, 1.807) is 29.2 Å². The second-order valence-electron chi connectivity index (χ2n) is 4.82. The summed E-state index contributed by atoms with van der Waals surface area (Å²) in [6, 6.07) is 6.29. The normalized spacial score (nSPS) is 14.4. The summed E-state index contributed by atoms with van der Waals surface area (Å²) in [5, 5.41) is 7.01. The summed E-state index contributed by atoms with van der Waals surface area (Å²) < 4.78 is 14.5. The Labute approximate surface area is 110 Å². The Morgan fingerprint density at radius 1 is 1.37 bits per heavy atom. The molecule has 1 aliphatic rings. The fraction of sp³-hybridized carbons (Fsp3) is 0.286. The summed E-state index contributed by atoms with van der Waals surface area (Å²) >= 11 is 0. The molecule has 19 heavy (non-hydrogen) atoms. The average Bonchev–Trinajstić information content (AvgIpc) is 3.16. The molecule has 1 aromatic carbocycles. The maximum atomic E-state index is 12.8. The molecule has 0 radical (unpaired) electrons. The largest absolute Gasteiger partial charge is 0.323 e. The molecule has 1 N–H and O–H groups in total. The summed E-state index contributed by atoms with van der Waals surface area (Å²) in [4.78, 5) is 11.6. The molecule has 1 fully saturated rings. The molecular weight excluding hydrogens is 245 g/mol. The number of hydrogen-bond donors (Lipinski definition) is 1. The van der Waals surface area contributed by atoms with E-state index in [4.69, 9.17) is 0 Å². The van der Waals surface area contributed by atoms with Gasteiger partial charge in [-0.25, -0.2) is 4.39 Å². The third-order valence-corrected chi connectivity index (χ3v) is 3.11. The minimum atomic E-state index is -0.249. The zero-order valence-corrected chi connectivity index (χ0v) is 10.3. The molecule has 1 aromatic heterocycles. The third-order valence-electron chi connectivity index (χ3n) is 3.11. The first-order valence-electron chi connectivity index (χ1n) is 6.28. The number of aromatic nitrogens is 2. The van der Waals surface area contributed by atoms with Crippen LogP contribution in [0.5, 0.6) is 0 Å². The van der Waals surface area contributed by atoms with Crippen LogP contribution in [-0.2, 0) is 11.3 Å². The van der Waals surface area contributed by atoms with E-state index in [1.165, 1.54) is 12.1 Å². The van der Waals surface area contributed by atoms with Crippen LogP contribution in [0.25, 0.3) is 0 Å². The number of carbonyl (C=O) groups is 1. The maximum absolute atomic E-state index is 12.8. The van der Waals surface area contributed by atoms with E-state index in [1.807, 2.05) is 0 Å². The highest BCUT2D eigenvalue weighted by atomic mass is 19.1. The number of hydrogen-bond acceptors (Lipinski definition) is 2. The van der Waals surface area contributed by atoms with Crippen LogP contribution in [0.1, 0.15) is 18.4 Å². The van der Waals surface area contributed by atoms with Gasteiger partial charge in [-0.2, -0.15) is 5.10 Å². The molecule has 0 atom stereocenters. The fourth-order valence-electron chi connectivity index (χ4n) is 1.88. The number of anilines is 1. The number of nitrogens with zero attached hydrogens (tertiary/aromatic N) is 2. The Hall–Kier alpha value is -2.17. The first kappa shape index (κ1) is 11.9. The van der Waals surface area contributed by atoms with Gasteiger partial charge in [-0.05, 0) is 30.5 Å². The van der Waals surface area contributed by atoms with Gasteiger partial charge in [0, 0.05) is 12.1 Å². The molecule has 0 spiro atoms. The number of rotatable bonds is 4. The lowest BCUT2D eigenvalue weighted by molar-refractivity contribution is -0.117. The molecule has 98 valence electrons. The number of amides is 1. The van der Waals surface area contributed by atoms with Crippen molar-refractivity contribution in [3.05, 3.63) is 48.0 Å². The summed E-state index contributed by atoms with van der Waals surface area (Å²) in [5.74, 6) is 0.00313. The molecule has 1 amide bonds. The van der Waals surface area contributed by atoms with Gasteiger partial charge >= 0.3 is 0 Å². The van der Waals surface area contributed by atoms with Crippen molar-refractivity contribution >= 4 is 11.6 Å². The van der Waals surface area contributed by atoms with E-state index in [2.05, 4.69) is 10.4 Å². The van der Waals surface area contributed by atoms with Gasteiger partial charge in [0.05, 0.1) is 18.4 Å². The van der Waals surface area contributed by atoms with Crippen LogP contribution in [-0.4, -0.2) is 15.7 Å². The van der Waals surface area contributed by atoms with Crippen molar-refractivity contribution in [3.63, 3.8) is 0 Å². The summed E-state index contributed by atoms with van der Waals surface area (Å²) in [7, 11) is 0. The quantitative estimate of drug-likeness (QED) is 0.916. The van der Waals surface area contributed by atoms with E-state index < -0.39 is 0 Å². The van der Waals surface area contributed by atoms with Crippen molar-refractivity contribution in [2.75, 3.05) is 5.32 Å². The lowest BCUT2D eigenvalue weighted by Crippen LogP contribution is -2.12. The fourth-order valence-corrected chi connectivity index (χ4v) is 1.88. The summed E-state index contributed by atoms with van der Waals surface area (Å²) in [6.07, 6.45) is 5.37. The molecule has 5 heteroatoms. The predicted molar refractivity (Wildman–Crippen MR) is 69.1 cm³/mol. The molecular formula is C14H14FN3O. The first-order valence-corrected chi connectivity index (χ1v) is 6.28. The van der Waals surface area contributed by atoms with Gasteiger partial charge in [0.1, 0.15) is 5.82 Å². The molecule has 1 aliphatic carbocycles. The molecule has 0 unspecified atom stereocenters. The van der Waals surface area contributed by atoms with Crippen molar-refractivity contribution in [1.82, 2.24) is 9.78 Å². The van der Waals surface area contributed by atoms with Crippen LogP contribution in [0.2, 0.25) is 0 Å². The number of benzene rings is 1. The van der Waals surface area contributed by atoms with Gasteiger partial charge in [0.25, 0.3) is 0 Å². The van der Waals surface area contributed by atoms with E-state index in [-0.39, 0.29) is 17.6 Å². The smallest absolute Gasteiger partial charge is 0.227 e. The van der Waals surface area contributed by atoms with Crippen LogP contribution in [0.3, 0.4) is 0 Å². The molecule has 1 heterocycles. The van der Waals surface area contributed by atoms with Crippen molar-refractivity contribution in [3.8, 4) is 0 Å². The zero-order chi connectivity index (χ0) is 13.2. The van der Waals surface area contributed by atoms with Crippen LogP contribution in [0.15, 0.2) is 36.7 Å². The zero-order valence-electron chi connectivity index (χ0n) is 10.3. The minimum Gasteiger partial charge on any atom is -0.323 e. The van der Waals surface area contributed by atoms with E-state index >= 15 is 0 Å². The highest BCUT2D eigenvalue weighted by molar-refractivity contribution is 5.93. The minimum absolute atomic E-state index is 0.0707. The van der Waals surface area contributed by atoms with Crippen LogP contribution >= 0.6 is 0 Å².